The smallest absolute Gasteiger partial charge is 0.237 e. The lowest BCUT2D eigenvalue weighted by molar-refractivity contribution is -0.123. The highest BCUT2D eigenvalue weighted by Gasteiger charge is 2.23. The lowest BCUT2D eigenvalue weighted by Gasteiger charge is -2.25. The average molecular weight is 294 g/mol. The van der Waals surface area contributed by atoms with E-state index in [2.05, 4.69) is 47.0 Å². The third-order valence-electron chi connectivity index (χ3n) is 4.18. The summed E-state index contributed by atoms with van der Waals surface area (Å²) in [7, 11) is 0. The number of rotatable bonds is 5. The monoisotopic (exact) mass is 294 g/mol. The van der Waals surface area contributed by atoms with Crippen LogP contribution in [-0.4, -0.2) is 18.5 Å². The molecule has 0 spiro atoms. The summed E-state index contributed by atoms with van der Waals surface area (Å²) in [6.07, 6.45) is 2.75. The number of benzene rings is 2. The van der Waals surface area contributed by atoms with Crippen LogP contribution in [0.2, 0.25) is 0 Å². The van der Waals surface area contributed by atoms with Crippen LogP contribution >= 0.6 is 0 Å². The molecule has 3 rings (SSSR count). The second-order valence-corrected chi connectivity index (χ2v) is 5.79. The van der Waals surface area contributed by atoms with Crippen molar-refractivity contribution in [1.82, 2.24) is 10.6 Å². The van der Waals surface area contributed by atoms with Gasteiger partial charge < -0.3 is 10.6 Å². The normalized spacial score (nSPS) is 16.8. The minimum Gasteiger partial charge on any atom is -0.355 e. The molecule has 3 heteroatoms. The quantitative estimate of drug-likeness (QED) is 0.832. The van der Waals surface area contributed by atoms with Gasteiger partial charge in [0.1, 0.15) is 0 Å². The molecule has 1 aliphatic rings. The summed E-state index contributed by atoms with van der Waals surface area (Å²) < 4.78 is 0. The molecule has 22 heavy (non-hydrogen) atoms. The SMILES string of the molecule is O=C(NCCCc1ccccc1)[C@@H]1Cc2ccccc2CN1. The third-order valence-corrected chi connectivity index (χ3v) is 4.18. The number of aryl methyl sites for hydroxylation is 1. The Bertz CT molecular complexity index is 624. The fourth-order valence-corrected chi connectivity index (χ4v) is 2.91. The number of hydrogen-bond acceptors (Lipinski definition) is 2. The highest BCUT2D eigenvalue weighted by atomic mass is 16.2. The van der Waals surface area contributed by atoms with Crippen LogP contribution in [0.25, 0.3) is 0 Å². The summed E-state index contributed by atoms with van der Waals surface area (Å²) in [5.74, 6) is 0.113. The van der Waals surface area contributed by atoms with Crippen molar-refractivity contribution in [2.75, 3.05) is 6.54 Å². The maximum Gasteiger partial charge on any atom is 0.237 e. The zero-order chi connectivity index (χ0) is 15.2. The van der Waals surface area contributed by atoms with E-state index in [1.165, 1.54) is 16.7 Å². The van der Waals surface area contributed by atoms with Crippen molar-refractivity contribution >= 4 is 5.91 Å². The van der Waals surface area contributed by atoms with Crippen molar-refractivity contribution < 1.29 is 4.79 Å². The summed E-state index contributed by atoms with van der Waals surface area (Å²) in [5, 5.41) is 6.37. The number of amides is 1. The van der Waals surface area contributed by atoms with E-state index in [1.807, 2.05) is 18.2 Å². The molecule has 0 bridgehead atoms. The summed E-state index contributed by atoms with van der Waals surface area (Å²) in [6.45, 7) is 1.51. The van der Waals surface area contributed by atoms with Crippen LogP contribution in [0.5, 0.6) is 0 Å². The van der Waals surface area contributed by atoms with Gasteiger partial charge in [0.25, 0.3) is 0 Å². The van der Waals surface area contributed by atoms with E-state index in [-0.39, 0.29) is 11.9 Å². The second kappa shape index (κ2) is 7.23. The van der Waals surface area contributed by atoms with Crippen molar-refractivity contribution in [1.29, 1.82) is 0 Å². The molecule has 2 N–H and O–H groups in total. The van der Waals surface area contributed by atoms with E-state index in [4.69, 9.17) is 0 Å². The Labute approximate surface area is 131 Å². The van der Waals surface area contributed by atoms with Gasteiger partial charge >= 0.3 is 0 Å². The highest BCUT2D eigenvalue weighted by Crippen LogP contribution is 2.16. The van der Waals surface area contributed by atoms with E-state index >= 15 is 0 Å². The van der Waals surface area contributed by atoms with Gasteiger partial charge in [-0.05, 0) is 36.0 Å². The maximum absolute atomic E-state index is 12.2. The topological polar surface area (TPSA) is 41.1 Å². The maximum atomic E-state index is 12.2. The third kappa shape index (κ3) is 3.74. The first kappa shape index (κ1) is 14.8. The van der Waals surface area contributed by atoms with Crippen molar-refractivity contribution in [3.8, 4) is 0 Å². The lowest BCUT2D eigenvalue weighted by atomic mass is 9.95. The van der Waals surface area contributed by atoms with E-state index < -0.39 is 0 Å². The van der Waals surface area contributed by atoms with Crippen molar-refractivity contribution in [2.45, 2.75) is 31.8 Å². The molecule has 0 saturated carbocycles. The predicted octanol–water partition coefficient (Wildman–Crippen LogP) is 2.45. The van der Waals surface area contributed by atoms with Crippen molar-refractivity contribution in [3.05, 3.63) is 71.3 Å². The Morgan fingerprint density at radius 2 is 1.77 bits per heavy atom. The Hall–Kier alpha value is -2.13. The van der Waals surface area contributed by atoms with E-state index in [0.29, 0.717) is 0 Å². The zero-order valence-corrected chi connectivity index (χ0v) is 12.7. The van der Waals surface area contributed by atoms with Crippen LogP contribution in [0.4, 0.5) is 0 Å². The highest BCUT2D eigenvalue weighted by molar-refractivity contribution is 5.82. The molecule has 3 nitrogen and oxygen atoms in total. The van der Waals surface area contributed by atoms with Crippen LogP contribution in [0.1, 0.15) is 23.1 Å². The molecule has 1 heterocycles. The molecule has 2 aromatic carbocycles. The van der Waals surface area contributed by atoms with Gasteiger partial charge in [-0.1, -0.05) is 54.6 Å². The molecule has 0 aliphatic carbocycles. The number of carbonyl (C=O) groups excluding carboxylic acids is 1. The lowest BCUT2D eigenvalue weighted by Crippen LogP contribution is -2.47. The van der Waals surface area contributed by atoms with Gasteiger partial charge in [-0.2, -0.15) is 0 Å². The number of fused-ring (bicyclic) bond motifs is 1. The van der Waals surface area contributed by atoms with Gasteiger partial charge in [0.05, 0.1) is 6.04 Å². The molecule has 1 aliphatic heterocycles. The van der Waals surface area contributed by atoms with E-state index in [0.717, 1.165) is 32.4 Å². The number of carbonyl (C=O) groups is 1. The largest absolute Gasteiger partial charge is 0.355 e. The van der Waals surface area contributed by atoms with Gasteiger partial charge in [0, 0.05) is 13.1 Å². The molecule has 0 fully saturated rings. The second-order valence-electron chi connectivity index (χ2n) is 5.79. The fourth-order valence-electron chi connectivity index (χ4n) is 2.91. The zero-order valence-electron chi connectivity index (χ0n) is 12.7. The van der Waals surface area contributed by atoms with Crippen LogP contribution in [-0.2, 0) is 24.2 Å². The standard InChI is InChI=1S/C19H22N2O/c22-19(20-12-6-9-15-7-2-1-3-8-15)18-13-16-10-4-5-11-17(16)14-21-18/h1-5,7-8,10-11,18,21H,6,9,12-14H2,(H,20,22)/t18-/m0/s1. The summed E-state index contributed by atoms with van der Waals surface area (Å²) in [4.78, 5) is 12.2. The Morgan fingerprint density at radius 1 is 1.05 bits per heavy atom. The molecule has 0 aromatic heterocycles. The van der Waals surface area contributed by atoms with E-state index in [9.17, 15) is 4.79 Å². The number of nitrogens with one attached hydrogen (secondary N) is 2. The minimum atomic E-state index is -0.105. The van der Waals surface area contributed by atoms with Gasteiger partial charge in [0.2, 0.25) is 5.91 Å². The Morgan fingerprint density at radius 3 is 2.59 bits per heavy atom. The summed E-state index contributed by atoms with van der Waals surface area (Å²) in [6, 6.07) is 18.6. The Kier molecular flexibility index (Phi) is 4.86. The molecule has 114 valence electrons. The van der Waals surface area contributed by atoms with Gasteiger partial charge in [0.15, 0.2) is 0 Å². The molecular weight excluding hydrogens is 272 g/mol. The number of hydrogen-bond donors (Lipinski definition) is 2. The molecule has 0 unspecified atom stereocenters. The van der Waals surface area contributed by atoms with Crippen molar-refractivity contribution in [2.24, 2.45) is 0 Å². The Balaban J connectivity index is 1.43. The summed E-state index contributed by atoms with van der Waals surface area (Å²) >= 11 is 0. The van der Waals surface area contributed by atoms with Crippen LogP contribution in [0.3, 0.4) is 0 Å². The van der Waals surface area contributed by atoms with Crippen LogP contribution in [0.15, 0.2) is 54.6 Å². The first-order valence-electron chi connectivity index (χ1n) is 7.95. The van der Waals surface area contributed by atoms with Crippen LogP contribution in [0, 0.1) is 0 Å². The molecule has 0 saturated heterocycles. The minimum absolute atomic E-state index is 0.105. The summed E-state index contributed by atoms with van der Waals surface area (Å²) in [5.41, 5.74) is 3.91. The fraction of sp³-hybridized carbons (Fsp3) is 0.316. The van der Waals surface area contributed by atoms with E-state index in [1.54, 1.807) is 0 Å². The average Bonchev–Trinajstić information content (AvgIpc) is 2.59. The molecule has 2 aromatic rings. The first-order valence-corrected chi connectivity index (χ1v) is 7.95. The van der Waals surface area contributed by atoms with Gasteiger partial charge in [-0.15, -0.1) is 0 Å². The van der Waals surface area contributed by atoms with Gasteiger partial charge in [-0.3, -0.25) is 4.79 Å². The van der Waals surface area contributed by atoms with Crippen LogP contribution < -0.4 is 10.6 Å². The van der Waals surface area contributed by atoms with Crippen molar-refractivity contribution in [3.63, 3.8) is 0 Å². The van der Waals surface area contributed by atoms with Gasteiger partial charge in [-0.25, -0.2) is 0 Å². The predicted molar refractivity (Wildman–Crippen MR) is 88.5 cm³/mol. The molecule has 0 radical (unpaired) electrons. The first-order chi connectivity index (χ1) is 10.8. The molecular formula is C19H22N2O. The molecule has 1 amide bonds. The molecule has 1 atom stereocenters.